The molecule has 1 aromatic carbocycles. The molecule has 0 bridgehead atoms. The van der Waals surface area contributed by atoms with Gasteiger partial charge in [0.1, 0.15) is 0 Å². The molecule has 0 unspecified atom stereocenters. The van der Waals surface area contributed by atoms with Gasteiger partial charge in [0, 0.05) is 5.56 Å². The smallest absolute Gasteiger partial charge is 0.366 e. The normalized spacial score (nSPS) is 17.4. The number of carbonyl (C=O) groups excluding carboxylic acids is 1. The van der Waals surface area contributed by atoms with Crippen molar-refractivity contribution < 1.29 is 18.0 Å². The summed E-state index contributed by atoms with van der Waals surface area (Å²) in [6.45, 7) is 0. The van der Waals surface area contributed by atoms with Crippen LogP contribution in [-0.4, -0.2) is 5.91 Å². The lowest BCUT2D eigenvalue weighted by atomic mass is 9.83. The SMILES string of the molecule is NC(=O)c1cc(C2CCCCC2)cc(C(F)(F)F)c1. The summed E-state index contributed by atoms with van der Waals surface area (Å²) in [7, 11) is 0. The van der Waals surface area contributed by atoms with Crippen molar-refractivity contribution in [1.82, 2.24) is 0 Å². The van der Waals surface area contributed by atoms with Crippen molar-refractivity contribution in [2.75, 3.05) is 0 Å². The van der Waals surface area contributed by atoms with Crippen LogP contribution in [0.25, 0.3) is 0 Å². The molecule has 1 fully saturated rings. The fourth-order valence-corrected chi connectivity index (χ4v) is 2.63. The standard InChI is InChI=1S/C14H16F3NO/c15-14(16,17)12-7-10(6-11(8-12)13(18)19)9-4-2-1-3-5-9/h6-9H,1-5H2,(H2,18,19). The number of benzene rings is 1. The van der Waals surface area contributed by atoms with Gasteiger partial charge in [0.25, 0.3) is 0 Å². The van der Waals surface area contributed by atoms with Gasteiger partial charge in [-0.25, -0.2) is 0 Å². The van der Waals surface area contributed by atoms with Gasteiger partial charge in [-0.3, -0.25) is 4.79 Å². The molecule has 1 aliphatic carbocycles. The molecule has 1 amide bonds. The molecule has 0 aromatic heterocycles. The van der Waals surface area contributed by atoms with Crippen molar-refractivity contribution in [3.63, 3.8) is 0 Å². The fraction of sp³-hybridized carbons (Fsp3) is 0.500. The van der Waals surface area contributed by atoms with Crippen molar-refractivity contribution >= 4 is 5.91 Å². The topological polar surface area (TPSA) is 43.1 Å². The van der Waals surface area contributed by atoms with Gasteiger partial charge in [0.2, 0.25) is 5.91 Å². The lowest BCUT2D eigenvalue weighted by Gasteiger charge is -2.23. The van der Waals surface area contributed by atoms with Crippen molar-refractivity contribution in [3.8, 4) is 0 Å². The van der Waals surface area contributed by atoms with Gasteiger partial charge in [0.05, 0.1) is 5.56 Å². The molecule has 0 heterocycles. The van der Waals surface area contributed by atoms with Crippen LogP contribution in [-0.2, 0) is 6.18 Å². The molecule has 2 nitrogen and oxygen atoms in total. The maximum absolute atomic E-state index is 12.8. The van der Waals surface area contributed by atoms with Gasteiger partial charge in [-0.05, 0) is 42.5 Å². The van der Waals surface area contributed by atoms with Crippen LogP contribution in [0.5, 0.6) is 0 Å². The number of nitrogens with two attached hydrogens (primary N) is 1. The van der Waals surface area contributed by atoms with E-state index in [1.807, 2.05) is 0 Å². The van der Waals surface area contributed by atoms with Gasteiger partial charge < -0.3 is 5.73 Å². The Labute approximate surface area is 109 Å². The molecule has 0 saturated heterocycles. The van der Waals surface area contributed by atoms with Crippen LogP contribution in [0.1, 0.15) is 59.5 Å². The van der Waals surface area contributed by atoms with Crippen LogP contribution in [0.2, 0.25) is 0 Å². The van der Waals surface area contributed by atoms with Crippen LogP contribution >= 0.6 is 0 Å². The molecule has 19 heavy (non-hydrogen) atoms. The highest BCUT2D eigenvalue weighted by Gasteiger charge is 2.32. The summed E-state index contributed by atoms with van der Waals surface area (Å²) in [6.07, 6.45) is 0.464. The first kappa shape index (κ1) is 13.9. The number of carbonyl (C=O) groups is 1. The highest BCUT2D eigenvalue weighted by atomic mass is 19.4. The molecule has 0 atom stereocenters. The second-order valence-electron chi connectivity index (χ2n) is 5.04. The Morgan fingerprint density at radius 3 is 2.26 bits per heavy atom. The number of alkyl halides is 3. The third kappa shape index (κ3) is 3.28. The monoisotopic (exact) mass is 271 g/mol. The van der Waals surface area contributed by atoms with Crippen LogP contribution in [0.15, 0.2) is 18.2 Å². The summed E-state index contributed by atoms with van der Waals surface area (Å²) < 4.78 is 38.5. The van der Waals surface area contributed by atoms with Crippen LogP contribution < -0.4 is 5.73 Å². The van der Waals surface area contributed by atoms with E-state index in [4.69, 9.17) is 5.73 Å². The summed E-state index contributed by atoms with van der Waals surface area (Å²) >= 11 is 0. The van der Waals surface area contributed by atoms with E-state index in [9.17, 15) is 18.0 Å². The maximum atomic E-state index is 12.8. The molecule has 1 saturated carbocycles. The minimum Gasteiger partial charge on any atom is -0.366 e. The minimum atomic E-state index is -4.45. The molecule has 1 aromatic rings. The van der Waals surface area contributed by atoms with Gasteiger partial charge in [-0.1, -0.05) is 19.3 Å². The number of halogens is 3. The van der Waals surface area contributed by atoms with Crippen LogP contribution in [0.3, 0.4) is 0 Å². The van der Waals surface area contributed by atoms with E-state index >= 15 is 0 Å². The molecular weight excluding hydrogens is 255 g/mol. The van der Waals surface area contributed by atoms with E-state index < -0.39 is 17.6 Å². The van der Waals surface area contributed by atoms with E-state index in [1.165, 1.54) is 6.07 Å². The van der Waals surface area contributed by atoms with Crippen molar-refractivity contribution in [2.24, 2.45) is 5.73 Å². The highest BCUT2D eigenvalue weighted by molar-refractivity contribution is 5.93. The molecule has 0 aliphatic heterocycles. The Balaban J connectivity index is 2.41. The van der Waals surface area contributed by atoms with E-state index in [2.05, 4.69) is 0 Å². The summed E-state index contributed by atoms with van der Waals surface area (Å²) in [6, 6.07) is 3.49. The summed E-state index contributed by atoms with van der Waals surface area (Å²) in [5, 5.41) is 0. The number of hydrogen-bond acceptors (Lipinski definition) is 1. The Kier molecular flexibility index (Phi) is 3.83. The molecule has 2 rings (SSSR count). The number of hydrogen-bond donors (Lipinski definition) is 1. The third-order valence-electron chi connectivity index (χ3n) is 3.64. The van der Waals surface area contributed by atoms with Gasteiger partial charge in [0.15, 0.2) is 0 Å². The van der Waals surface area contributed by atoms with Crippen molar-refractivity contribution in [2.45, 2.75) is 44.2 Å². The lowest BCUT2D eigenvalue weighted by molar-refractivity contribution is -0.137. The highest BCUT2D eigenvalue weighted by Crippen LogP contribution is 2.37. The molecule has 2 N–H and O–H groups in total. The van der Waals surface area contributed by atoms with E-state index in [-0.39, 0.29) is 11.5 Å². The Morgan fingerprint density at radius 1 is 1.11 bits per heavy atom. The Bertz CT molecular complexity index is 476. The Hall–Kier alpha value is -1.52. The first-order chi connectivity index (χ1) is 8.88. The largest absolute Gasteiger partial charge is 0.416 e. The first-order valence-corrected chi connectivity index (χ1v) is 6.40. The third-order valence-corrected chi connectivity index (χ3v) is 3.64. The molecule has 0 spiro atoms. The van der Waals surface area contributed by atoms with Gasteiger partial charge >= 0.3 is 6.18 Å². The van der Waals surface area contributed by atoms with Gasteiger partial charge in [-0.15, -0.1) is 0 Å². The summed E-state index contributed by atoms with van der Waals surface area (Å²) in [5.74, 6) is -0.711. The summed E-state index contributed by atoms with van der Waals surface area (Å²) in [5.41, 5.74) is 4.86. The predicted molar refractivity (Wildman–Crippen MR) is 65.8 cm³/mol. The van der Waals surface area contributed by atoms with Crippen molar-refractivity contribution in [3.05, 3.63) is 34.9 Å². The van der Waals surface area contributed by atoms with Gasteiger partial charge in [-0.2, -0.15) is 13.2 Å². The van der Waals surface area contributed by atoms with E-state index in [1.54, 1.807) is 0 Å². The average molecular weight is 271 g/mol. The summed E-state index contributed by atoms with van der Waals surface area (Å²) in [4.78, 5) is 11.2. The first-order valence-electron chi connectivity index (χ1n) is 6.40. The molecule has 0 radical (unpaired) electrons. The molecule has 104 valence electrons. The van der Waals surface area contributed by atoms with Crippen molar-refractivity contribution in [1.29, 1.82) is 0 Å². The molecule has 5 heteroatoms. The lowest BCUT2D eigenvalue weighted by Crippen LogP contribution is -2.16. The predicted octanol–water partition coefficient (Wildman–Crippen LogP) is 3.85. The zero-order valence-corrected chi connectivity index (χ0v) is 10.5. The second-order valence-corrected chi connectivity index (χ2v) is 5.04. The van der Waals surface area contributed by atoms with E-state index in [0.717, 1.165) is 44.2 Å². The Morgan fingerprint density at radius 2 is 1.74 bits per heavy atom. The van der Waals surface area contributed by atoms with Crippen LogP contribution in [0, 0.1) is 0 Å². The quantitative estimate of drug-likeness (QED) is 0.872. The zero-order valence-electron chi connectivity index (χ0n) is 10.5. The average Bonchev–Trinajstić information content (AvgIpc) is 2.38. The second kappa shape index (κ2) is 5.23. The maximum Gasteiger partial charge on any atom is 0.416 e. The number of rotatable bonds is 2. The molecular formula is C14H16F3NO. The fourth-order valence-electron chi connectivity index (χ4n) is 2.63. The zero-order chi connectivity index (χ0) is 14.0. The number of amides is 1. The van der Waals surface area contributed by atoms with E-state index in [0.29, 0.717) is 5.56 Å². The molecule has 1 aliphatic rings. The number of primary amides is 1. The van der Waals surface area contributed by atoms with Crippen LogP contribution in [0.4, 0.5) is 13.2 Å². The minimum absolute atomic E-state index is 0.0598.